The van der Waals surface area contributed by atoms with E-state index in [1.54, 1.807) is 25.1 Å². The van der Waals surface area contributed by atoms with Gasteiger partial charge in [0.2, 0.25) is 0 Å². The van der Waals surface area contributed by atoms with Crippen molar-refractivity contribution in [3.05, 3.63) is 29.8 Å². The Bertz CT molecular complexity index is 611. The number of benzene rings is 1. The number of urea groups is 1. The molecule has 0 bridgehead atoms. The predicted octanol–water partition coefficient (Wildman–Crippen LogP) is 2.40. The van der Waals surface area contributed by atoms with Gasteiger partial charge >= 0.3 is 12.0 Å². The highest BCUT2D eigenvalue weighted by molar-refractivity contribution is 5.95. The van der Waals surface area contributed by atoms with Gasteiger partial charge in [-0.2, -0.15) is 0 Å². The van der Waals surface area contributed by atoms with Crippen molar-refractivity contribution in [3.8, 4) is 5.75 Å². The SMILES string of the molecule is CCOC(=O)c1cccc(OCC(=O)NC(=O)NC2CCCCC2)c1. The standard InChI is InChI=1S/C18H24N2O5/c1-2-24-17(22)13-7-6-10-15(11-13)25-12-16(21)20-18(23)19-14-8-4-3-5-9-14/h6-7,10-11,14H,2-5,8-9,12H2,1H3,(H2,19,20,21,23). The molecule has 0 heterocycles. The Morgan fingerprint density at radius 2 is 1.92 bits per heavy atom. The van der Waals surface area contributed by atoms with Crippen molar-refractivity contribution in [2.45, 2.75) is 45.1 Å². The fraction of sp³-hybridized carbons (Fsp3) is 0.500. The molecule has 0 aliphatic heterocycles. The van der Waals surface area contributed by atoms with E-state index in [9.17, 15) is 14.4 Å². The summed E-state index contributed by atoms with van der Waals surface area (Å²) in [6, 6.07) is 5.98. The average molecular weight is 348 g/mol. The zero-order chi connectivity index (χ0) is 18.1. The molecule has 1 aliphatic carbocycles. The maximum absolute atomic E-state index is 11.8. The van der Waals surface area contributed by atoms with Gasteiger partial charge in [-0.1, -0.05) is 25.3 Å². The summed E-state index contributed by atoms with van der Waals surface area (Å²) >= 11 is 0. The first kappa shape index (κ1) is 18.8. The monoisotopic (exact) mass is 348 g/mol. The second-order valence-corrected chi connectivity index (χ2v) is 5.89. The quantitative estimate of drug-likeness (QED) is 0.770. The second kappa shape index (κ2) is 9.66. The summed E-state index contributed by atoms with van der Waals surface area (Å²) in [5.41, 5.74) is 0.342. The Hall–Kier alpha value is -2.57. The van der Waals surface area contributed by atoms with Crippen LogP contribution in [0.3, 0.4) is 0 Å². The van der Waals surface area contributed by atoms with E-state index in [1.165, 1.54) is 12.5 Å². The molecule has 0 radical (unpaired) electrons. The van der Waals surface area contributed by atoms with Crippen molar-refractivity contribution in [1.29, 1.82) is 0 Å². The number of ether oxygens (including phenoxy) is 2. The highest BCUT2D eigenvalue weighted by Gasteiger charge is 2.17. The molecule has 1 saturated carbocycles. The molecule has 1 aromatic carbocycles. The van der Waals surface area contributed by atoms with E-state index in [4.69, 9.17) is 9.47 Å². The number of imide groups is 1. The van der Waals surface area contributed by atoms with Crippen molar-refractivity contribution in [2.24, 2.45) is 0 Å². The normalized spacial score (nSPS) is 14.4. The summed E-state index contributed by atoms with van der Waals surface area (Å²) in [6.45, 7) is 1.69. The zero-order valence-electron chi connectivity index (χ0n) is 14.4. The number of carbonyl (C=O) groups is 3. The van der Waals surface area contributed by atoms with Crippen LogP contribution in [0.4, 0.5) is 4.79 Å². The van der Waals surface area contributed by atoms with Gasteiger partial charge < -0.3 is 14.8 Å². The van der Waals surface area contributed by atoms with Crippen LogP contribution >= 0.6 is 0 Å². The minimum atomic E-state index is -0.546. The number of carbonyl (C=O) groups excluding carboxylic acids is 3. The lowest BCUT2D eigenvalue weighted by molar-refractivity contribution is -0.122. The van der Waals surface area contributed by atoms with Gasteiger partial charge in [0.15, 0.2) is 6.61 Å². The molecule has 136 valence electrons. The number of esters is 1. The molecule has 0 spiro atoms. The van der Waals surface area contributed by atoms with Gasteiger partial charge in [0.1, 0.15) is 5.75 Å². The number of amides is 3. The summed E-state index contributed by atoms with van der Waals surface area (Å²) in [6.07, 6.45) is 5.27. The Balaban J connectivity index is 1.76. The summed E-state index contributed by atoms with van der Waals surface area (Å²) in [5.74, 6) is -0.646. The minimum Gasteiger partial charge on any atom is -0.484 e. The third-order valence-electron chi connectivity index (χ3n) is 3.91. The predicted molar refractivity (Wildman–Crippen MR) is 91.4 cm³/mol. The highest BCUT2D eigenvalue weighted by atomic mass is 16.5. The smallest absolute Gasteiger partial charge is 0.338 e. The molecule has 2 rings (SSSR count). The van der Waals surface area contributed by atoms with E-state index < -0.39 is 17.9 Å². The van der Waals surface area contributed by atoms with E-state index in [2.05, 4.69) is 10.6 Å². The first-order valence-corrected chi connectivity index (χ1v) is 8.59. The molecule has 1 fully saturated rings. The van der Waals surface area contributed by atoms with Gasteiger partial charge in [-0.25, -0.2) is 9.59 Å². The molecule has 0 saturated heterocycles. The van der Waals surface area contributed by atoms with E-state index in [1.807, 2.05) is 0 Å². The van der Waals surface area contributed by atoms with Gasteiger partial charge in [0, 0.05) is 6.04 Å². The third-order valence-corrected chi connectivity index (χ3v) is 3.91. The molecule has 0 aromatic heterocycles. The van der Waals surface area contributed by atoms with Crippen molar-refractivity contribution in [3.63, 3.8) is 0 Å². The van der Waals surface area contributed by atoms with Gasteiger partial charge in [-0.15, -0.1) is 0 Å². The summed E-state index contributed by atoms with van der Waals surface area (Å²) < 4.78 is 10.2. The van der Waals surface area contributed by atoms with Crippen LogP contribution in [0, 0.1) is 0 Å². The highest BCUT2D eigenvalue weighted by Crippen LogP contribution is 2.17. The van der Waals surface area contributed by atoms with E-state index in [-0.39, 0.29) is 19.3 Å². The topological polar surface area (TPSA) is 93.7 Å². The average Bonchev–Trinajstić information content (AvgIpc) is 2.61. The maximum Gasteiger partial charge on any atom is 0.338 e. The molecular weight excluding hydrogens is 324 g/mol. The molecule has 2 N–H and O–H groups in total. The number of rotatable bonds is 6. The molecule has 0 unspecified atom stereocenters. The van der Waals surface area contributed by atoms with Crippen LogP contribution in [0.25, 0.3) is 0 Å². The molecular formula is C18H24N2O5. The first-order valence-electron chi connectivity index (χ1n) is 8.59. The maximum atomic E-state index is 11.8. The molecule has 7 heteroatoms. The van der Waals surface area contributed by atoms with Gasteiger partial charge in [0.25, 0.3) is 5.91 Å². The summed E-state index contributed by atoms with van der Waals surface area (Å²) in [4.78, 5) is 35.2. The fourth-order valence-electron chi connectivity index (χ4n) is 2.71. The van der Waals surface area contributed by atoms with Crippen LogP contribution < -0.4 is 15.4 Å². The molecule has 1 aromatic rings. The Kier molecular flexibility index (Phi) is 7.25. The van der Waals surface area contributed by atoms with Crippen molar-refractivity contribution >= 4 is 17.9 Å². The van der Waals surface area contributed by atoms with E-state index >= 15 is 0 Å². The molecule has 0 atom stereocenters. The number of hydrogen-bond acceptors (Lipinski definition) is 5. The van der Waals surface area contributed by atoms with Crippen LogP contribution in [-0.2, 0) is 9.53 Å². The van der Waals surface area contributed by atoms with Crippen molar-refractivity contribution in [2.75, 3.05) is 13.2 Å². The summed E-state index contributed by atoms with van der Waals surface area (Å²) in [5, 5.41) is 5.05. The lowest BCUT2D eigenvalue weighted by Crippen LogP contribution is -2.46. The number of nitrogens with one attached hydrogen (secondary N) is 2. The minimum absolute atomic E-state index is 0.128. The van der Waals surface area contributed by atoms with Crippen LogP contribution in [0.15, 0.2) is 24.3 Å². The van der Waals surface area contributed by atoms with E-state index in [0.29, 0.717) is 11.3 Å². The Morgan fingerprint density at radius 3 is 2.64 bits per heavy atom. The second-order valence-electron chi connectivity index (χ2n) is 5.89. The van der Waals surface area contributed by atoms with E-state index in [0.717, 1.165) is 25.7 Å². The Morgan fingerprint density at radius 1 is 1.16 bits per heavy atom. The zero-order valence-corrected chi connectivity index (χ0v) is 14.4. The van der Waals surface area contributed by atoms with Crippen molar-refractivity contribution < 1.29 is 23.9 Å². The lowest BCUT2D eigenvalue weighted by atomic mass is 9.96. The van der Waals surface area contributed by atoms with Crippen LogP contribution in [-0.4, -0.2) is 37.2 Å². The number of hydrogen-bond donors (Lipinski definition) is 2. The van der Waals surface area contributed by atoms with Gasteiger partial charge in [0.05, 0.1) is 12.2 Å². The van der Waals surface area contributed by atoms with Crippen LogP contribution in [0.2, 0.25) is 0 Å². The van der Waals surface area contributed by atoms with Crippen molar-refractivity contribution in [1.82, 2.24) is 10.6 Å². The van der Waals surface area contributed by atoms with Crippen LogP contribution in [0.5, 0.6) is 5.75 Å². The summed E-state index contributed by atoms with van der Waals surface area (Å²) in [7, 11) is 0. The van der Waals surface area contributed by atoms with Gasteiger partial charge in [-0.05, 0) is 38.0 Å². The largest absolute Gasteiger partial charge is 0.484 e. The molecule has 3 amide bonds. The first-order chi connectivity index (χ1) is 12.1. The Labute approximate surface area is 147 Å². The third kappa shape index (κ3) is 6.45. The van der Waals surface area contributed by atoms with Gasteiger partial charge in [-0.3, -0.25) is 10.1 Å². The fourth-order valence-corrected chi connectivity index (χ4v) is 2.71. The molecule has 1 aliphatic rings. The molecule has 25 heavy (non-hydrogen) atoms. The lowest BCUT2D eigenvalue weighted by Gasteiger charge is -2.22. The van der Waals surface area contributed by atoms with Crippen LogP contribution in [0.1, 0.15) is 49.4 Å². The molecule has 7 nitrogen and oxygen atoms in total.